The number of rotatable bonds is 9. The second kappa shape index (κ2) is 11.9. The first kappa shape index (κ1) is 24.8. The van der Waals surface area contributed by atoms with Gasteiger partial charge in [0.05, 0.1) is 39.5 Å². The number of methoxy groups -OCH3 is 3. The van der Waals surface area contributed by atoms with E-state index in [9.17, 15) is 9.59 Å². The summed E-state index contributed by atoms with van der Waals surface area (Å²) in [5, 5.41) is 3.98. The fraction of sp³-hybridized carbons (Fsp3) is 0.160. The fourth-order valence-electron chi connectivity index (χ4n) is 3.03. The highest BCUT2D eigenvalue weighted by Gasteiger charge is 2.18. The molecule has 1 N–H and O–H groups in total. The molecule has 0 fully saturated rings. The van der Waals surface area contributed by atoms with E-state index in [4.69, 9.17) is 18.9 Å². The molecule has 3 aromatic carbocycles. The lowest BCUT2D eigenvalue weighted by Gasteiger charge is -2.13. The highest BCUT2D eigenvalue weighted by molar-refractivity contribution is 9.10. The Balaban J connectivity index is 1.64. The molecule has 0 radical (unpaired) electrons. The minimum absolute atomic E-state index is 0.205. The zero-order valence-corrected chi connectivity index (χ0v) is 20.4. The van der Waals surface area contributed by atoms with Gasteiger partial charge < -0.3 is 18.9 Å². The van der Waals surface area contributed by atoms with Gasteiger partial charge in [-0.15, -0.1) is 0 Å². The summed E-state index contributed by atoms with van der Waals surface area (Å²) in [6.45, 7) is 0. The summed E-state index contributed by atoms with van der Waals surface area (Å²) in [4.78, 5) is 24.8. The molecular formula is C25H23BrN2O6. The molecule has 0 aliphatic carbocycles. The lowest BCUT2D eigenvalue weighted by molar-refractivity contribution is -0.120. The standard InChI is InChI=1S/C25H23BrN2O6/c1-31-21-13-18(14-22(32-2)24(21)33-3)25(30)34-20-6-4-5-17(11-20)15-27-28-23(29)12-16-7-9-19(26)10-8-16/h4-11,13-15H,12H2,1-3H3,(H,28,29)/b27-15+. The van der Waals surface area contributed by atoms with E-state index in [2.05, 4.69) is 26.5 Å². The number of halogens is 1. The van der Waals surface area contributed by atoms with Crippen LogP contribution in [0.4, 0.5) is 0 Å². The van der Waals surface area contributed by atoms with Crippen molar-refractivity contribution in [1.29, 1.82) is 0 Å². The summed E-state index contributed by atoms with van der Waals surface area (Å²) in [6, 6.07) is 17.2. The molecule has 1 amide bonds. The minimum Gasteiger partial charge on any atom is -0.493 e. The average Bonchev–Trinajstić information content (AvgIpc) is 2.84. The maximum atomic E-state index is 12.7. The first-order chi connectivity index (χ1) is 16.4. The third-order valence-corrected chi connectivity index (χ3v) is 5.18. The van der Waals surface area contributed by atoms with E-state index in [0.29, 0.717) is 28.6 Å². The van der Waals surface area contributed by atoms with Crippen LogP contribution < -0.4 is 24.4 Å². The first-order valence-electron chi connectivity index (χ1n) is 10.1. The zero-order chi connectivity index (χ0) is 24.5. The van der Waals surface area contributed by atoms with Gasteiger partial charge in [-0.25, -0.2) is 10.2 Å². The van der Waals surface area contributed by atoms with Crippen LogP contribution in [0, 0.1) is 0 Å². The molecule has 3 aromatic rings. The van der Waals surface area contributed by atoms with Gasteiger partial charge in [0.25, 0.3) is 0 Å². The number of nitrogens with zero attached hydrogens (tertiary/aromatic N) is 1. The predicted molar refractivity (Wildman–Crippen MR) is 131 cm³/mol. The Morgan fingerprint density at radius 2 is 1.62 bits per heavy atom. The van der Waals surface area contributed by atoms with Gasteiger partial charge in [-0.1, -0.05) is 40.2 Å². The van der Waals surface area contributed by atoms with Gasteiger partial charge in [0.15, 0.2) is 11.5 Å². The molecule has 8 nitrogen and oxygen atoms in total. The average molecular weight is 527 g/mol. The van der Waals surface area contributed by atoms with Gasteiger partial charge in [-0.05, 0) is 47.5 Å². The summed E-state index contributed by atoms with van der Waals surface area (Å²) >= 11 is 3.36. The van der Waals surface area contributed by atoms with Crippen LogP contribution in [0.5, 0.6) is 23.0 Å². The molecule has 0 saturated carbocycles. The molecular weight excluding hydrogens is 504 g/mol. The summed E-state index contributed by atoms with van der Waals surface area (Å²) < 4.78 is 22.3. The number of hydrogen-bond acceptors (Lipinski definition) is 7. The van der Waals surface area contributed by atoms with Crippen LogP contribution in [-0.4, -0.2) is 39.4 Å². The fourth-order valence-corrected chi connectivity index (χ4v) is 3.29. The zero-order valence-electron chi connectivity index (χ0n) is 18.8. The molecule has 9 heteroatoms. The van der Waals surface area contributed by atoms with E-state index < -0.39 is 5.97 Å². The van der Waals surface area contributed by atoms with Crippen molar-refractivity contribution in [1.82, 2.24) is 5.43 Å². The number of hydrazone groups is 1. The highest BCUT2D eigenvalue weighted by Crippen LogP contribution is 2.38. The second-order valence-electron chi connectivity index (χ2n) is 6.97. The maximum absolute atomic E-state index is 12.7. The number of ether oxygens (including phenoxy) is 4. The van der Waals surface area contributed by atoms with E-state index in [-0.39, 0.29) is 17.9 Å². The molecule has 176 valence electrons. The Kier molecular flexibility index (Phi) is 8.64. The molecule has 0 aliphatic heterocycles. The van der Waals surface area contributed by atoms with Crippen molar-refractivity contribution < 1.29 is 28.5 Å². The quantitative estimate of drug-likeness (QED) is 0.192. The summed E-state index contributed by atoms with van der Waals surface area (Å²) in [5.74, 6) is 0.521. The number of amides is 1. The van der Waals surface area contributed by atoms with Gasteiger partial charge in [-0.3, -0.25) is 4.79 Å². The van der Waals surface area contributed by atoms with Gasteiger partial charge >= 0.3 is 5.97 Å². The first-order valence-corrected chi connectivity index (χ1v) is 10.9. The monoisotopic (exact) mass is 526 g/mol. The third-order valence-electron chi connectivity index (χ3n) is 4.65. The smallest absolute Gasteiger partial charge is 0.343 e. The van der Waals surface area contributed by atoms with Crippen molar-refractivity contribution in [3.63, 3.8) is 0 Å². The van der Waals surface area contributed by atoms with E-state index >= 15 is 0 Å². The highest BCUT2D eigenvalue weighted by atomic mass is 79.9. The Morgan fingerprint density at radius 1 is 0.941 bits per heavy atom. The summed E-state index contributed by atoms with van der Waals surface area (Å²) in [6.07, 6.45) is 1.67. The normalized spacial score (nSPS) is 10.6. The van der Waals surface area contributed by atoms with Crippen LogP contribution >= 0.6 is 15.9 Å². The van der Waals surface area contributed by atoms with Crippen molar-refractivity contribution in [2.45, 2.75) is 6.42 Å². The van der Waals surface area contributed by atoms with E-state index in [1.165, 1.54) is 39.7 Å². The summed E-state index contributed by atoms with van der Waals surface area (Å²) in [7, 11) is 4.41. The number of carbonyl (C=O) groups is 2. The van der Waals surface area contributed by atoms with Gasteiger partial charge in [0.2, 0.25) is 11.7 Å². The topological polar surface area (TPSA) is 95.5 Å². The Labute approximate surface area is 205 Å². The third kappa shape index (κ3) is 6.58. The van der Waals surface area contributed by atoms with Gasteiger partial charge in [0, 0.05) is 4.47 Å². The van der Waals surface area contributed by atoms with Crippen molar-refractivity contribution in [2.24, 2.45) is 5.10 Å². The number of hydrogen-bond donors (Lipinski definition) is 1. The molecule has 0 aliphatic rings. The molecule has 34 heavy (non-hydrogen) atoms. The Hall–Kier alpha value is -3.85. The van der Waals surface area contributed by atoms with Gasteiger partial charge in [0.1, 0.15) is 5.75 Å². The molecule has 0 bridgehead atoms. The van der Waals surface area contributed by atoms with E-state index in [1.54, 1.807) is 24.3 Å². The predicted octanol–water partition coefficient (Wildman–Crippen LogP) is 4.39. The van der Waals surface area contributed by atoms with Gasteiger partial charge in [-0.2, -0.15) is 5.10 Å². The van der Waals surface area contributed by atoms with Crippen LogP contribution in [0.15, 0.2) is 70.2 Å². The molecule has 0 aromatic heterocycles. The number of esters is 1. The minimum atomic E-state index is -0.601. The lowest BCUT2D eigenvalue weighted by Crippen LogP contribution is -2.19. The SMILES string of the molecule is COc1cc(C(=O)Oc2cccc(/C=N/NC(=O)Cc3ccc(Br)cc3)c2)cc(OC)c1OC. The number of benzene rings is 3. The molecule has 0 saturated heterocycles. The molecule has 0 atom stereocenters. The van der Waals surface area contributed by atoms with Crippen LogP contribution in [0.25, 0.3) is 0 Å². The Morgan fingerprint density at radius 3 is 2.24 bits per heavy atom. The second-order valence-corrected chi connectivity index (χ2v) is 7.89. The molecule has 3 rings (SSSR count). The van der Waals surface area contributed by atoms with Crippen molar-refractivity contribution in [2.75, 3.05) is 21.3 Å². The lowest BCUT2D eigenvalue weighted by atomic mass is 10.1. The largest absolute Gasteiger partial charge is 0.493 e. The van der Waals surface area contributed by atoms with Crippen LogP contribution in [0.1, 0.15) is 21.5 Å². The van der Waals surface area contributed by atoms with E-state index in [0.717, 1.165) is 10.0 Å². The van der Waals surface area contributed by atoms with Crippen molar-refractivity contribution >= 4 is 34.0 Å². The summed E-state index contributed by atoms with van der Waals surface area (Å²) in [5.41, 5.74) is 4.23. The Bertz CT molecular complexity index is 1170. The van der Waals surface area contributed by atoms with E-state index in [1.807, 2.05) is 24.3 Å². The van der Waals surface area contributed by atoms with Crippen LogP contribution in [-0.2, 0) is 11.2 Å². The van der Waals surface area contributed by atoms with Crippen LogP contribution in [0.2, 0.25) is 0 Å². The van der Waals surface area contributed by atoms with Crippen molar-refractivity contribution in [3.8, 4) is 23.0 Å². The van der Waals surface area contributed by atoms with Crippen LogP contribution in [0.3, 0.4) is 0 Å². The molecule has 0 spiro atoms. The van der Waals surface area contributed by atoms with Crippen molar-refractivity contribution in [3.05, 3.63) is 81.8 Å². The molecule has 0 unspecified atom stereocenters. The maximum Gasteiger partial charge on any atom is 0.343 e. The molecule has 0 heterocycles. The number of carbonyl (C=O) groups excluding carboxylic acids is 2. The number of nitrogens with one attached hydrogen (secondary N) is 1.